The quantitative estimate of drug-likeness (QED) is 0.678. The Morgan fingerprint density at radius 1 is 1.06 bits per heavy atom. The lowest BCUT2D eigenvalue weighted by Crippen LogP contribution is -2.51. The number of carbonyl (C=O) groups is 2. The number of aromatic nitrogens is 2. The third-order valence-electron chi connectivity index (χ3n) is 5.82. The molecule has 7 nitrogen and oxygen atoms in total. The largest absolute Gasteiger partial charge is 0.339 e. The second-order valence-electron chi connectivity index (χ2n) is 7.88. The summed E-state index contributed by atoms with van der Waals surface area (Å²) < 4.78 is 45.3. The summed E-state index contributed by atoms with van der Waals surface area (Å²) in [5.74, 6) is -3.16. The number of fused-ring (bicyclic) bond motifs is 1. The Balaban J connectivity index is 1.30. The van der Waals surface area contributed by atoms with Crippen molar-refractivity contribution in [3.05, 3.63) is 75.5 Å². The Bertz CT molecular complexity index is 1420. The Morgan fingerprint density at radius 2 is 1.75 bits per heavy atom. The Labute approximate surface area is 189 Å². The Kier molecular flexibility index (Phi) is 4.13. The number of aromatic amines is 1. The van der Waals surface area contributed by atoms with Crippen LogP contribution in [0, 0.1) is 11.7 Å². The number of rotatable bonds is 4. The first kappa shape index (κ1) is 16.1. The van der Waals surface area contributed by atoms with Gasteiger partial charge < -0.3 is 9.80 Å². The number of benzene rings is 2. The molecule has 5 rings (SSSR count). The van der Waals surface area contributed by atoms with Crippen molar-refractivity contribution in [2.45, 2.75) is 19.2 Å². The normalized spacial score (nSPS) is 21.4. The van der Waals surface area contributed by atoms with Gasteiger partial charge in [-0.3, -0.25) is 14.4 Å². The van der Waals surface area contributed by atoms with Crippen LogP contribution in [0.3, 0.4) is 0 Å². The van der Waals surface area contributed by atoms with Gasteiger partial charge in [0, 0.05) is 49.4 Å². The molecule has 1 saturated carbocycles. The second-order valence-corrected chi connectivity index (χ2v) is 7.88. The summed E-state index contributed by atoms with van der Waals surface area (Å²) in [6.45, 7) is 0.474. The lowest BCUT2D eigenvalue weighted by Gasteiger charge is -2.35. The maximum absolute atomic E-state index is 14.7. The Hall–Kier alpha value is -3.55. The van der Waals surface area contributed by atoms with E-state index in [1.165, 1.54) is 21.9 Å². The van der Waals surface area contributed by atoms with Crippen LogP contribution in [-0.2, 0) is 11.2 Å². The van der Waals surface area contributed by atoms with Crippen LogP contribution in [0.15, 0.2) is 47.3 Å². The van der Waals surface area contributed by atoms with Gasteiger partial charge in [0.05, 0.1) is 16.6 Å². The molecule has 2 aromatic carbocycles. The molecule has 2 heterocycles. The van der Waals surface area contributed by atoms with Crippen LogP contribution in [0.25, 0.3) is 10.8 Å². The number of H-pyrrole nitrogens is 1. The van der Waals surface area contributed by atoms with Gasteiger partial charge in [0.15, 0.2) is 0 Å². The minimum absolute atomic E-state index is 0.113. The van der Waals surface area contributed by atoms with E-state index in [1.54, 1.807) is 30.3 Å². The first-order valence-electron chi connectivity index (χ1n) is 12.3. The van der Waals surface area contributed by atoms with Crippen molar-refractivity contribution in [3.8, 4) is 0 Å². The van der Waals surface area contributed by atoms with Crippen LogP contribution < -0.4 is 5.56 Å². The highest BCUT2D eigenvalue weighted by atomic mass is 19.1. The monoisotopic (exact) mass is 438 g/mol. The van der Waals surface area contributed by atoms with Gasteiger partial charge in [-0.2, -0.15) is 5.10 Å². The van der Waals surface area contributed by atoms with E-state index in [-0.39, 0.29) is 43.7 Å². The molecule has 8 heteroatoms. The SMILES string of the molecule is [2H]C1([2H])C(C(=O)N2CCN(C(=O)c3cc(Cc4n[nH]c(=O)c5ccccc45)ccc3F)CC2)C1([2H])[2H]. The van der Waals surface area contributed by atoms with Crippen molar-refractivity contribution in [1.29, 1.82) is 0 Å². The average Bonchev–Trinajstić information content (AvgIpc) is 3.29. The smallest absolute Gasteiger partial charge is 0.272 e. The fourth-order valence-electron chi connectivity index (χ4n) is 3.99. The van der Waals surface area contributed by atoms with E-state index in [0.29, 0.717) is 22.0 Å². The molecule has 1 saturated heterocycles. The number of hydrogen-bond acceptors (Lipinski definition) is 4. The van der Waals surface area contributed by atoms with E-state index in [4.69, 9.17) is 5.48 Å². The molecule has 0 atom stereocenters. The summed E-state index contributed by atoms with van der Waals surface area (Å²) in [5.41, 5.74) is 0.797. The highest BCUT2D eigenvalue weighted by Gasteiger charge is 2.35. The van der Waals surface area contributed by atoms with Gasteiger partial charge in [0.1, 0.15) is 5.82 Å². The predicted molar refractivity (Wildman–Crippen MR) is 117 cm³/mol. The van der Waals surface area contributed by atoms with Crippen LogP contribution in [0.5, 0.6) is 0 Å². The van der Waals surface area contributed by atoms with Crippen LogP contribution in [0.1, 0.15) is 39.8 Å². The van der Waals surface area contributed by atoms with Crippen molar-refractivity contribution < 1.29 is 19.5 Å². The summed E-state index contributed by atoms with van der Waals surface area (Å²) in [6.07, 6.45) is -4.13. The molecule has 32 heavy (non-hydrogen) atoms. The lowest BCUT2D eigenvalue weighted by atomic mass is 10.0. The van der Waals surface area contributed by atoms with Crippen molar-refractivity contribution in [3.63, 3.8) is 0 Å². The second kappa shape index (κ2) is 8.18. The molecule has 164 valence electrons. The van der Waals surface area contributed by atoms with E-state index >= 15 is 0 Å². The third-order valence-corrected chi connectivity index (χ3v) is 5.82. The molecule has 2 amide bonds. The van der Waals surface area contributed by atoms with Gasteiger partial charge in [-0.25, -0.2) is 9.49 Å². The number of carbonyl (C=O) groups excluding carboxylic acids is 2. The zero-order valence-corrected chi connectivity index (χ0v) is 17.1. The molecule has 2 aliphatic rings. The first-order chi connectivity index (χ1) is 17.0. The number of halogens is 1. The van der Waals surface area contributed by atoms with Gasteiger partial charge in [0.25, 0.3) is 11.5 Å². The fourth-order valence-corrected chi connectivity index (χ4v) is 3.99. The van der Waals surface area contributed by atoms with E-state index in [0.717, 1.165) is 0 Å². The molecular formula is C24H23FN4O3. The standard InChI is InChI=1S/C24H23FN4O3/c25-20-8-5-15(14-21-17-3-1-2-4-18(17)22(30)27-26-21)13-19(20)24(32)29-11-9-28(10-12-29)23(31)16-6-7-16/h1-5,8,13,16H,6-7,9-12,14H2,(H,27,30)/i6D2,7D2. The van der Waals surface area contributed by atoms with Crippen molar-refractivity contribution in [2.75, 3.05) is 26.2 Å². The van der Waals surface area contributed by atoms with Gasteiger partial charge in [-0.15, -0.1) is 0 Å². The zero-order valence-electron chi connectivity index (χ0n) is 21.1. The summed E-state index contributed by atoms with van der Waals surface area (Å²) in [6, 6.07) is 11.2. The molecule has 1 aliphatic carbocycles. The minimum Gasteiger partial charge on any atom is -0.339 e. The van der Waals surface area contributed by atoms with Gasteiger partial charge in [-0.1, -0.05) is 24.3 Å². The summed E-state index contributed by atoms with van der Waals surface area (Å²) in [5, 5.41) is 7.76. The molecule has 3 aromatic rings. The van der Waals surface area contributed by atoms with Gasteiger partial charge in [0.2, 0.25) is 5.91 Å². The molecule has 2 fully saturated rings. The van der Waals surface area contributed by atoms with Crippen LogP contribution in [-0.4, -0.2) is 58.0 Å². The average molecular weight is 438 g/mol. The number of amides is 2. The lowest BCUT2D eigenvalue weighted by molar-refractivity contribution is -0.134. The maximum atomic E-state index is 14.7. The zero-order chi connectivity index (χ0) is 25.8. The molecule has 1 aromatic heterocycles. The molecular weight excluding hydrogens is 411 g/mol. The fraction of sp³-hybridized carbons (Fsp3) is 0.333. The predicted octanol–water partition coefficient (Wildman–Crippen LogP) is 2.35. The number of piperazine rings is 1. The topological polar surface area (TPSA) is 86.4 Å². The van der Waals surface area contributed by atoms with E-state index in [9.17, 15) is 18.8 Å². The van der Waals surface area contributed by atoms with Crippen LogP contribution >= 0.6 is 0 Å². The molecule has 0 radical (unpaired) electrons. The summed E-state index contributed by atoms with van der Waals surface area (Å²) in [7, 11) is 0. The highest BCUT2D eigenvalue weighted by molar-refractivity contribution is 5.95. The highest BCUT2D eigenvalue weighted by Crippen LogP contribution is 2.31. The van der Waals surface area contributed by atoms with Crippen molar-refractivity contribution in [1.82, 2.24) is 20.0 Å². The van der Waals surface area contributed by atoms with Gasteiger partial charge in [-0.05, 0) is 36.5 Å². The molecule has 0 spiro atoms. The maximum Gasteiger partial charge on any atom is 0.272 e. The van der Waals surface area contributed by atoms with Crippen LogP contribution in [0.2, 0.25) is 0 Å². The minimum atomic E-state index is -2.20. The van der Waals surface area contributed by atoms with E-state index < -0.39 is 36.3 Å². The molecule has 0 bridgehead atoms. The number of hydrogen-bond donors (Lipinski definition) is 1. The molecule has 0 unspecified atom stereocenters. The molecule has 1 N–H and O–H groups in total. The van der Waals surface area contributed by atoms with Crippen LogP contribution in [0.4, 0.5) is 4.39 Å². The number of nitrogens with one attached hydrogen (secondary N) is 1. The number of nitrogens with zero attached hydrogens (tertiary/aromatic N) is 3. The van der Waals surface area contributed by atoms with Gasteiger partial charge >= 0.3 is 0 Å². The van der Waals surface area contributed by atoms with Crippen molar-refractivity contribution in [2.24, 2.45) is 5.92 Å². The Morgan fingerprint density at radius 3 is 2.47 bits per heavy atom. The summed E-state index contributed by atoms with van der Waals surface area (Å²) in [4.78, 5) is 40.5. The summed E-state index contributed by atoms with van der Waals surface area (Å²) >= 11 is 0. The van der Waals surface area contributed by atoms with Crippen molar-refractivity contribution >= 4 is 22.6 Å². The van der Waals surface area contributed by atoms with E-state index in [1.807, 2.05) is 0 Å². The molecule has 1 aliphatic heterocycles. The first-order valence-corrected chi connectivity index (χ1v) is 10.3. The third kappa shape index (κ3) is 3.88. The van der Waals surface area contributed by atoms with E-state index in [2.05, 4.69) is 10.2 Å².